The third-order valence-corrected chi connectivity index (χ3v) is 4.97. The van der Waals surface area contributed by atoms with Crippen LogP contribution in [0.5, 0.6) is 0 Å². The van der Waals surface area contributed by atoms with Crippen LogP contribution in [0.1, 0.15) is 53.4 Å². The Hall–Kier alpha value is -0.300. The molecule has 2 saturated carbocycles. The molecule has 1 unspecified atom stereocenters. The molecule has 0 radical (unpaired) electrons. The monoisotopic (exact) mass is 222 g/mol. The predicted molar refractivity (Wildman–Crippen MR) is 68.2 cm³/mol. The van der Waals surface area contributed by atoms with Crippen LogP contribution in [0, 0.1) is 23.7 Å². The normalized spacial score (nSPS) is 47.6. The SMILES string of the molecule is CC(C)=C[C@@H]1[C@H](C)CCC2[C@H](C)CC[C@@]21O. The van der Waals surface area contributed by atoms with Gasteiger partial charge in [0.1, 0.15) is 0 Å². The van der Waals surface area contributed by atoms with Gasteiger partial charge in [0.05, 0.1) is 5.60 Å². The van der Waals surface area contributed by atoms with Crippen molar-refractivity contribution in [3.63, 3.8) is 0 Å². The summed E-state index contributed by atoms with van der Waals surface area (Å²) in [6.07, 6.45) is 7.06. The van der Waals surface area contributed by atoms with E-state index in [1.807, 2.05) is 0 Å². The zero-order chi connectivity index (χ0) is 11.9. The molecule has 0 aromatic carbocycles. The molecule has 0 aliphatic heterocycles. The summed E-state index contributed by atoms with van der Waals surface area (Å²) in [5.74, 6) is 2.29. The van der Waals surface area contributed by atoms with Crippen LogP contribution >= 0.6 is 0 Å². The largest absolute Gasteiger partial charge is 0.389 e. The first kappa shape index (κ1) is 12.2. The predicted octanol–water partition coefficient (Wildman–Crippen LogP) is 3.78. The molecular weight excluding hydrogens is 196 g/mol. The Morgan fingerprint density at radius 1 is 1.12 bits per heavy atom. The van der Waals surface area contributed by atoms with Gasteiger partial charge in [-0.1, -0.05) is 25.5 Å². The van der Waals surface area contributed by atoms with Gasteiger partial charge in [-0.05, 0) is 57.3 Å². The summed E-state index contributed by atoms with van der Waals surface area (Å²) in [6.45, 7) is 8.93. The summed E-state index contributed by atoms with van der Waals surface area (Å²) in [7, 11) is 0. The van der Waals surface area contributed by atoms with E-state index in [9.17, 15) is 5.11 Å². The molecule has 0 heterocycles. The summed E-state index contributed by atoms with van der Waals surface area (Å²) in [6, 6.07) is 0. The topological polar surface area (TPSA) is 20.2 Å². The maximum atomic E-state index is 11.0. The highest BCUT2D eigenvalue weighted by molar-refractivity contribution is 5.13. The molecule has 92 valence electrons. The van der Waals surface area contributed by atoms with E-state index in [1.54, 1.807) is 0 Å². The molecule has 2 aliphatic carbocycles. The lowest BCUT2D eigenvalue weighted by molar-refractivity contribution is -0.0859. The van der Waals surface area contributed by atoms with Gasteiger partial charge < -0.3 is 5.11 Å². The van der Waals surface area contributed by atoms with Crippen molar-refractivity contribution in [2.75, 3.05) is 0 Å². The van der Waals surface area contributed by atoms with Crippen molar-refractivity contribution in [1.82, 2.24) is 0 Å². The number of fused-ring (bicyclic) bond motifs is 1. The molecule has 1 nitrogen and oxygen atoms in total. The van der Waals surface area contributed by atoms with Gasteiger partial charge >= 0.3 is 0 Å². The average Bonchev–Trinajstić information content (AvgIpc) is 2.49. The molecule has 0 aromatic heterocycles. The van der Waals surface area contributed by atoms with Crippen molar-refractivity contribution in [3.05, 3.63) is 11.6 Å². The minimum Gasteiger partial charge on any atom is -0.389 e. The van der Waals surface area contributed by atoms with Crippen LogP contribution in [-0.4, -0.2) is 10.7 Å². The van der Waals surface area contributed by atoms with Crippen molar-refractivity contribution in [2.24, 2.45) is 23.7 Å². The second-order valence-electron chi connectivity index (χ2n) is 6.44. The summed E-state index contributed by atoms with van der Waals surface area (Å²) < 4.78 is 0. The molecule has 2 rings (SSSR count). The molecule has 2 aliphatic rings. The molecular formula is C15H26O. The molecule has 1 N–H and O–H groups in total. The quantitative estimate of drug-likeness (QED) is 0.669. The van der Waals surface area contributed by atoms with Crippen LogP contribution in [0.3, 0.4) is 0 Å². The van der Waals surface area contributed by atoms with Gasteiger partial charge in [-0.25, -0.2) is 0 Å². The van der Waals surface area contributed by atoms with Gasteiger partial charge in [-0.2, -0.15) is 0 Å². The lowest BCUT2D eigenvalue weighted by Crippen LogP contribution is -2.48. The van der Waals surface area contributed by atoms with Crippen LogP contribution in [0.15, 0.2) is 11.6 Å². The van der Waals surface area contributed by atoms with E-state index in [0.29, 0.717) is 23.7 Å². The molecule has 0 spiro atoms. The van der Waals surface area contributed by atoms with Crippen LogP contribution in [0.25, 0.3) is 0 Å². The minimum atomic E-state index is -0.394. The van der Waals surface area contributed by atoms with Gasteiger partial charge in [-0.15, -0.1) is 0 Å². The van der Waals surface area contributed by atoms with Gasteiger partial charge in [0.15, 0.2) is 0 Å². The lowest BCUT2D eigenvalue weighted by atomic mass is 9.63. The molecule has 0 amide bonds. The van der Waals surface area contributed by atoms with Crippen molar-refractivity contribution >= 4 is 0 Å². The van der Waals surface area contributed by atoms with Crippen molar-refractivity contribution < 1.29 is 5.11 Å². The summed E-state index contributed by atoms with van der Waals surface area (Å²) in [4.78, 5) is 0. The number of hydrogen-bond acceptors (Lipinski definition) is 1. The first-order valence-electron chi connectivity index (χ1n) is 6.82. The van der Waals surface area contributed by atoms with Crippen molar-refractivity contribution in [3.8, 4) is 0 Å². The molecule has 0 aromatic rings. The maximum absolute atomic E-state index is 11.0. The van der Waals surface area contributed by atoms with Crippen LogP contribution in [0.4, 0.5) is 0 Å². The first-order valence-corrected chi connectivity index (χ1v) is 6.82. The van der Waals surface area contributed by atoms with E-state index < -0.39 is 5.60 Å². The fraction of sp³-hybridized carbons (Fsp3) is 0.867. The van der Waals surface area contributed by atoms with Crippen LogP contribution < -0.4 is 0 Å². The highest BCUT2D eigenvalue weighted by Crippen LogP contribution is 2.53. The third kappa shape index (κ3) is 1.84. The third-order valence-electron chi connectivity index (χ3n) is 4.97. The van der Waals surface area contributed by atoms with E-state index in [2.05, 4.69) is 33.8 Å². The average molecular weight is 222 g/mol. The Bertz CT molecular complexity index is 290. The molecule has 2 fully saturated rings. The van der Waals surface area contributed by atoms with E-state index >= 15 is 0 Å². The molecule has 1 heteroatoms. The zero-order valence-electron chi connectivity index (χ0n) is 11.2. The Labute approximate surface area is 99.9 Å². The van der Waals surface area contributed by atoms with Crippen LogP contribution in [-0.2, 0) is 0 Å². The maximum Gasteiger partial charge on any atom is 0.0743 e. The second kappa shape index (κ2) is 4.18. The highest BCUT2D eigenvalue weighted by Gasteiger charge is 2.53. The van der Waals surface area contributed by atoms with Gasteiger partial charge in [-0.3, -0.25) is 0 Å². The highest BCUT2D eigenvalue weighted by atomic mass is 16.3. The summed E-state index contributed by atoms with van der Waals surface area (Å²) >= 11 is 0. The van der Waals surface area contributed by atoms with E-state index in [-0.39, 0.29) is 0 Å². The first-order chi connectivity index (χ1) is 7.45. The van der Waals surface area contributed by atoms with Gasteiger partial charge in [0.25, 0.3) is 0 Å². The minimum absolute atomic E-state index is 0.390. The number of aliphatic hydroxyl groups is 1. The van der Waals surface area contributed by atoms with Crippen LogP contribution in [0.2, 0.25) is 0 Å². The molecule has 5 atom stereocenters. The zero-order valence-corrected chi connectivity index (χ0v) is 11.2. The Morgan fingerprint density at radius 3 is 2.44 bits per heavy atom. The molecule has 0 saturated heterocycles. The molecule has 16 heavy (non-hydrogen) atoms. The van der Waals surface area contributed by atoms with E-state index in [0.717, 1.165) is 6.42 Å². The number of hydrogen-bond donors (Lipinski definition) is 1. The number of rotatable bonds is 1. The van der Waals surface area contributed by atoms with Gasteiger partial charge in [0.2, 0.25) is 0 Å². The Balaban J connectivity index is 2.30. The fourth-order valence-corrected chi connectivity index (χ4v) is 4.07. The lowest BCUT2D eigenvalue weighted by Gasteiger charge is -2.45. The Kier molecular flexibility index (Phi) is 3.18. The van der Waals surface area contributed by atoms with E-state index in [1.165, 1.54) is 24.8 Å². The smallest absolute Gasteiger partial charge is 0.0743 e. The standard InChI is InChI=1S/C15H26O/c1-10(2)9-14-11(3)5-6-13-12(4)7-8-15(13,14)16/h9,11-14,16H,5-8H2,1-4H3/t11-,12-,13?,14-,15-/m1/s1. The second-order valence-corrected chi connectivity index (χ2v) is 6.44. The van der Waals surface area contributed by atoms with E-state index in [4.69, 9.17) is 0 Å². The Morgan fingerprint density at radius 2 is 1.81 bits per heavy atom. The summed E-state index contributed by atoms with van der Waals surface area (Å²) in [5, 5.41) is 11.0. The van der Waals surface area contributed by atoms with Crippen molar-refractivity contribution in [2.45, 2.75) is 59.0 Å². The molecule has 0 bridgehead atoms. The van der Waals surface area contributed by atoms with Crippen molar-refractivity contribution in [1.29, 1.82) is 0 Å². The van der Waals surface area contributed by atoms with Gasteiger partial charge in [0, 0.05) is 5.92 Å². The number of allylic oxidation sites excluding steroid dienone is 1. The fourth-order valence-electron chi connectivity index (χ4n) is 4.07. The summed E-state index contributed by atoms with van der Waals surface area (Å²) in [5.41, 5.74) is 0.958.